The fraction of sp³-hybridized carbons (Fsp3) is 0.833. The Balaban J connectivity index is 2.55. The highest BCUT2D eigenvalue weighted by Crippen LogP contribution is 2.12. The van der Waals surface area contributed by atoms with Gasteiger partial charge in [0.1, 0.15) is 6.04 Å². The van der Waals surface area contributed by atoms with Crippen molar-refractivity contribution in [2.75, 3.05) is 32.8 Å². The number of hydrogen-bond donors (Lipinski definition) is 2. The highest BCUT2D eigenvalue weighted by atomic mass is 19.4. The fourth-order valence-corrected chi connectivity index (χ4v) is 1.91. The molecule has 1 saturated heterocycles. The molecule has 1 unspecified atom stereocenters. The van der Waals surface area contributed by atoms with E-state index in [0.29, 0.717) is 0 Å². The Morgan fingerprint density at radius 3 is 2.62 bits per heavy atom. The molecule has 0 spiro atoms. The van der Waals surface area contributed by atoms with Crippen LogP contribution in [0.5, 0.6) is 0 Å². The Bertz CT molecular complexity index is 374. The third kappa shape index (κ3) is 6.30. The summed E-state index contributed by atoms with van der Waals surface area (Å²) in [5, 5.41) is 4.70. The Morgan fingerprint density at radius 1 is 1.38 bits per heavy atom. The van der Waals surface area contributed by atoms with E-state index < -0.39 is 31.2 Å². The van der Waals surface area contributed by atoms with Crippen molar-refractivity contribution in [3.63, 3.8) is 0 Å². The molecule has 1 aliphatic rings. The minimum Gasteiger partial charge on any atom is -0.377 e. The number of hydrogen-bond acceptors (Lipinski definition) is 4. The lowest BCUT2D eigenvalue weighted by Gasteiger charge is -2.35. The van der Waals surface area contributed by atoms with Crippen LogP contribution in [0.4, 0.5) is 13.2 Å². The smallest absolute Gasteiger partial charge is 0.377 e. The number of halogens is 3. The van der Waals surface area contributed by atoms with Crippen LogP contribution in [0, 0.1) is 0 Å². The van der Waals surface area contributed by atoms with Crippen molar-refractivity contribution >= 4 is 11.8 Å². The van der Waals surface area contributed by atoms with Gasteiger partial charge in [-0.2, -0.15) is 13.2 Å². The number of amides is 2. The summed E-state index contributed by atoms with van der Waals surface area (Å²) in [6, 6.07) is -0.902. The Labute approximate surface area is 121 Å². The van der Waals surface area contributed by atoms with E-state index in [-0.39, 0.29) is 31.7 Å². The Kier molecular flexibility index (Phi) is 6.41. The zero-order chi connectivity index (χ0) is 16.0. The monoisotopic (exact) mass is 311 g/mol. The van der Waals surface area contributed by atoms with Gasteiger partial charge in [-0.15, -0.1) is 0 Å². The second kappa shape index (κ2) is 7.60. The number of alkyl halides is 3. The van der Waals surface area contributed by atoms with Gasteiger partial charge in [0.15, 0.2) is 0 Å². The largest absolute Gasteiger partial charge is 0.401 e. The summed E-state index contributed by atoms with van der Waals surface area (Å²) in [5.74, 6) is -0.916. The van der Waals surface area contributed by atoms with Crippen LogP contribution in [-0.2, 0) is 14.3 Å². The molecule has 0 radical (unpaired) electrons. The van der Waals surface area contributed by atoms with Crippen LogP contribution < -0.4 is 10.6 Å². The lowest BCUT2D eigenvalue weighted by Crippen LogP contribution is -2.58. The fourth-order valence-electron chi connectivity index (χ4n) is 1.91. The molecule has 1 rings (SSSR count). The maximum absolute atomic E-state index is 12.0. The lowest BCUT2D eigenvalue weighted by atomic mass is 10.2. The average molecular weight is 311 g/mol. The van der Waals surface area contributed by atoms with Gasteiger partial charge in [0, 0.05) is 12.6 Å². The summed E-state index contributed by atoms with van der Waals surface area (Å²) < 4.78 is 41.2. The summed E-state index contributed by atoms with van der Waals surface area (Å²) in [5.41, 5.74) is 0. The standard InChI is InChI=1S/C12H20F3N3O3/c1-8(2)17-11(20)9-6-21-4-3-18(9)10(19)5-16-7-12(13,14)15/h8-9,16H,3-7H2,1-2H3,(H,17,20). The van der Waals surface area contributed by atoms with Crippen LogP contribution in [0.15, 0.2) is 0 Å². The molecule has 1 heterocycles. The van der Waals surface area contributed by atoms with Crippen LogP contribution in [-0.4, -0.2) is 67.8 Å². The zero-order valence-corrected chi connectivity index (χ0v) is 12.0. The van der Waals surface area contributed by atoms with Gasteiger partial charge >= 0.3 is 6.18 Å². The van der Waals surface area contributed by atoms with Gasteiger partial charge < -0.3 is 20.3 Å². The first-order valence-electron chi connectivity index (χ1n) is 6.66. The first kappa shape index (κ1) is 17.7. The van der Waals surface area contributed by atoms with E-state index in [1.807, 2.05) is 5.32 Å². The van der Waals surface area contributed by atoms with Crippen molar-refractivity contribution in [1.82, 2.24) is 15.5 Å². The van der Waals surface area contributed by atoms with E-state index in [1.54, 1.807) is 13.8 Å². The van der Waals surface area contributed by atoms with Crippen molar-refractivity contribution in [2.24, 2.45) is 0 Å². The van der Waals surface area contributed by atoms with Gasteiger partial charge in [-0.3, -0.25) is 9.59 Å². The quantitative estimate of drug-likeness (QED) is 0.743. The van der Waals surface area contributed by atoms with Gasteiger partial charge in [0.2, 0.25) is 11.8 Å². The molecule has 2 N–H and O–H groups in total. The number of morpholine rings is 1. The van der Waals surface area contributed by atoms with Gasteiger partial charge in [0.05, 0.1) is 26.3 Å². The van der Waals surface area contributed by atoms with E-state index >= 15 is 0 Å². The van der Waals surface area contributed by atoms with Crippen molar-refractivity contribution in [3.8, 4) is 0 Å². The first-order valence-corrected chi connectivity index (χ1v) is 6.66. The summed E-state index contributed by atoms with van der Waals surface area (Å²) in [6.45, 7) is 2.33. The molecule has 0 aromatic heterocycles. The van der Waals surface area contributed by atoms with Crippen LogP contribution in [0.2, 0.25) is 0 Å². The van der Waals surface area contributed by atoms with E-state index in [0.717, 1.165) is 0 Å². The number of carbonyl (C=O) groups excluding carboxylic acids is 2. The predicted molar refractivity (Wildman–Crippen MR) is 68.5 cm³/mol. The highest BCUT2D eigenvalue weighted by Gasteiger charge is 2.33. The van der Waals surface area contributed by atoms with Crippen molar-refractivity contribution in [2.45, 2.75) is 32.1 Å². The Hall–Kier alpha value is -1.35. The van der Waals surface area contributed by atoms with Crippen LogP contribution in [0.3, 0.4) is 0 Å². The summed E-state index contributed by atoms with van der Waals surface area (Å²) in [6.07, 6.45) is -4.38. The minimum absolute atomic E-state index is 0.0452. The first-order chi connectivity index (χ1) is 9.70. The maximum Gasteiger partial charge on any atom is 0.401 e. The van der Waals surface area contributed by atoms with E-state index in [1.165, 1.54) is 4.90 Å². The molecule has 0 saturated carbocycles. The molecule has 1 fully saturated rings. The minimum atomic E-state index is -4.38. The van der Waals surface area contributed by atoms with Crippen molar-refractivity contribution in [1.29, 1.82) is 0 Å². The topological polar surface area (TPSA) is 70.7 Å². The average Bonchev–Trinajstić information content (AvgIpc) is 2.36. The third-order valence-electron chi connectivity index (χ3n) is 2.78. The molecule has 6 nitrogen and oxygen atoms in total. The van der Waals surface area contributed by atoms with Gasteiger partial charge in [-0.05, 0) is 13.8 Å². The van der Waals surface area contributed by atoms with Crippen LogP contribution >= 0.6 is 0 Å². The van der Waals surface area contributed by atoms with Crippen molar-refractivity contribution in [3.05, 3.63) is 0 Å². The molecule has 0 bridgehead atoms. The molecule has 21 heavy (non-hydrogen) atoms. The summed E-state index contributed by atoms with van der Waals surface area (Å²) in [4.78, 5) is 25.2. The lowest BCUT2D eigenvalue weighted by molar-refractivity contribution is -0.149. The summed E-state index contributed by atoms with van der Waals surface area (Å²) >= 11 is 0. The molecule has 0 aromatic rings. The number of ether oxygens (including phenoxy) is 1. The zero-order valence-electron chi connectivity index (χ0n) is 12.0. The van der Waals surface area contributed by atoms with E-state index in [2.05, 4.69) is 5.32 Å². The van der Waals surface area contributed by atoms with Crippen molar-refractivity contribution < 1.29 is 27.5 Å². The van der Waals surface area contributed by atoms with E-state index in [9.17, 15) is 22.8 Å². The molecular weight excluding hydrogens is 291 g/mol. The maximum atomic E-state index is 12.0. The molecule has 0 aliphatic carbocycles. The number of nitrogens with one attached hydrogen (secondary N) is 2. The van der Waals surface area contributed by atoms with Crippen LogP contribution in [0.25, 0.3) is 0 Å². The van der Waals surface area contributed by atoms with Gasteiger partial charge in [-0.1, -0.05) is 0 Å². The SMILES string of the molecule is CC(C)NC(=O)C1COCCN1C(=O)CNCC(F)(F)F. The van der Waals surface area contributed by atoms with E-state index in [4.69, 9.17) is 4.74 Å². The predicted octanol–water partition coefficient (Wildman–Crippen LogP) is -0.110. The van der Waals surface area contributed by atoms with Gasteiger partial charge in [0.25, 0.3) is 0 Å². The number of nitrogens with zero attached hydrogens (tertiary/aromatic N) is 1. The number of rotatable bonds is 5. The van der Waals surface area contributed by atoms with Gasteiger partial charge in [-0.25, -0.2) is 0 Å². The number of carbonyl (C=O) groups is 2. The highest BCUT2D eigenvalue weighted by molar-refractivity contribution is 5.88. The molecule has 9 heteroatoms. The molecule has 0 aromatic carbocycles. The molecule has 2 amide bonds. The third-order valence-corrected chi connectivity index (χ3v) is 2.78. The van der Waals surface area contributed by atoms with Crippen LogP contribution in [0.1, 0.15) is 13.8 Å². The molecule has 1 aliphatic heterocycles. The molecular formula is C12H20F3N3O3. The second-order valence-electron chi connectivity index (χ2n) is 5.06. The molecule has 122 valence electrons. The Morgan fingerprint density at radius 2 is 2.05 bits per heavy atom. The second-order valence-corrected chi connectivity index (χ2v) is 5.06. The summed E-state index contributed by atoms with van der Waals surface area (Å²) in [7, 11) is 0. The normalized spacial score (nSPS) is 19.7. The molecule has 1 atom stereocenters.